The molecular weight excluding hydrogens is 382 g/mol. The molecule has 0 bridgehead atoms. The summed E-state index contributed by atoms with van der Waals surface area (Å²) in [7, 11) is 0. The first-order valence-electron chi connectivity index (χ1n) is 11.6. The van der Waals surface area contributed by atoms with E-state index in [0.29, 0.717) is 44.8 Å². The number of hydrogen-bond acceptors (Lipinski definition) is 4. The van der Waals surface area contributed by atoms with Crippen LogP contribution in [0.5, 0.6) is 0 Å². The van der Waals surface area contributed by atoms with Crippen molar-refractivity contribution in [2.75, 3.05) is 32.7 Å². The number of rotatable bonds is 5. The number of nitrogens with zero attached hydrogens (tertiary/aromatic N) is 3. The normalized spacial score (nSPS) is 22.2. The molecule has 1 aromatic rings. The summed E-state index contributed by atoms with van der Waals surface area (Å²) in [6, 6.07) is 4.99. The third kappa shape index (κ3) is 5.21. The summed E-state index contributed by atoms with van der Waals surface area (Å²) in [5.41, 5.74) is 0. The lowest BCUT2D eigenvalue weighted by atomic mass is 9.88. The Morgan fingerprint density at radius 2 is 1.41 bits per heavy atom. The molecule has 1 aliphatic heterocycles. The Bertz CT molecular complexity index is 640. The van der Waals surface area contributed by atoms with Gasteiger partial charge in [-0.15, -0.1) is 11.3 Å². The Hall–Kier alpha value is -1.40. The fourth-order valence-electron chi connectivity index (χ4n) is 5.35. The molecule has 3 aliphatic rings. The van der Waals surface area contributed by atoms with Gasteiger partial charge >= 0.3 is 0 Å². The zero-order valence-corrected chi connectivity index (χ0v) is 18.4. The van der Waals surface area contributed by atoms with Crippen molar-refractivity contribution in [1.82, 2.24) is 14.7 Å². The van der Waals surface area contributed by atoms with Gasteiger partial charge in [0.25, 0.3) is 5.91 Å². The first kappa shape index (κ1) is 20.9. The Balaban J connectivity index is 1.33. The minimum Gasteiger partial charge on any atom is -0.338 e. The van der Waals surface area contributed by atoms with Crippen molar-refractivity contribution in [3.8, 4) is 0 Å². The van der Waals surface area contributed by atoms with Crippen molar-refractivity contribution in [3.63, 3.8) is 0 Å². The quantitative estimate of drug-likeness (QED) is 0.727. The highest BCUT2D eigenvalue weighted by Crippen LogP contribution is 2.30. The van der Waals surface area contributed by atoms with Gasteiger partial charge in [-0.3, -0.25) is 14.5 Å². The van der Waals surface area contributed by atoms with E-state index in [1.165, 1.54) is 75.5 Å². The van der Waals surface area contributed by atoms with Gasteiger partial charge in [-0.1, -0.05) is 44.6 Å². The summed E-state index contributed by atoms with van der Waals surface area (Å²) >= 11 is 1.49. The van der Waals surface area contributed by atoms with Gasteiger partial charge in [0.1, 0.15) is 0 Å². The highest BCUT2D eigenvalue weighted by molar-refractivity contribution is 7.12. The monoisotopic (exact) mass is 417 g/mol. The standard InChI is InChI=1S/C23H35N3O2S/c27-22(24-13-15-25(16-14-24)23(28)21-12-7-17-29-21)18-26(19-8-3-1-4-9-19)20-10-5-2-6-11-20/h7,12,17,19-20H,1-6,8-11,13-16,18H2. The molecule has 160 valence electrons. The maximum Gasteiger partial charge on any atom is 0.264 e. The van der Waals surface area contributed by atoms with Crippen LogP contribution in [0.15, 0.2) is 17.5 Å². The lowest BCUT2D eigenvalue weighted by molar-refractivity contribution is -0.135. The molecule has 0 atom stereocenters. The van der Waals surface area contributed by atoms with Gasteiger partial charge in [0.2, 0.25) is 5.91 Å². The molecule has 29 heavy (non-hydrogen) atoms. The number of piperazine rings is 1. The molecule has 0 spiro atoms. The van der Waals surface area contributed by atoms with Crippen molar-refractivity contribution >= 4 is 23.2 Å². The molecule has 2 amide bonds. The van der Waals surface area contributed by atoms with E-state index in [4.69, 9.17) is 0 Å². The van der Waals surface area contributed by atoms with E-state index in [2.05, 4.69) is 4.90 Å². The number of carbonyl (C=O) groups excluding carboxylic acids is 2. The van der Waals surface area contributed by atoms with Gasteiger partial charge in [-0.2, -0.15) is 0 Å². The summed E-state index contributed by atoms with van der Waals surface area (Å²) in [6.45, 7) is 3.21. The van der Waals surface area contributed by atoms with Crippen molar-refractivity contribution in [2.24, 2.45) is 0 Å². The molecule has 6 heteroatoms. The van der Waals surface area contributed by atoms with E-state index < -0.39 is 0 Å². The predicted molar refractivity (Wildman–Crippen MR) is 117 cm³/mol. The SMILES string of the molecule is O=C(CN(C1CCCCC1)C1CCCCC1)N1CCN(C(=O)c2cccs2)CC1. The zero-order chi connectivity index (χ0) is 20.1. The van der Waals surface area contributed by atoms with Gasteiger partial charge in [-0.05, 0) is 37.1 Å². The topological polar surface area (TPSA) is 43.9 Å². The number of carbonyl (C=O) groups is 2. The van der Waals surface area contributed by atoms with E-state index >= 15 is 0 Å². The Kier molecular flexibility index (Phi) is 7.24. The molecule has 4 rings (SSSR count). The van der Waals surface area contributed by atoms with Crippen LogP contribution in [0.3, 0.4) is 0 Å². The number of amides is 2. The average molecular weight is 418 g/mol. The lowest BCUT2D eigenvalue weighted by Gasteiger charge is -2.43. The molecule has 0 radical (unpaired) electrons. The second-order valence-electron chi connectivity index (χ2n) is 8.91. The molecule has 0 aromatic carbocycles. The second kappa shape index (κ2) is 10.1. The maximum absolute atomic E-state index is 13.2. The van der Waals surface area contributed by atoms with Crippen LogP contribution >= 0.6 is 11.3 Å². The minimum absolute atomic E-state index is 0.109. The van der Waals surface area contributed by atoms with Gasteiger partial charge in [0.15, 0.2) is 0 Å². The molecule has 2 aliphatic carbocycles. The van der Waals surface area contributed by atoms with Crippen LogP contribution in [0.25, 0.3) is 0 Å². The predicted octanol–water partition coefficient (Wildman–Crippen LogP) is 4.00. The molecule has 1 aromatic heterocycles. The minimum atomic E-state index is 0.109. The zero-order valence-electron chi connectivity index (χ0n) is 17.6. The van der Waals surface area contributed by atoms with Crippen LogP contribution in [-0.4, -0.2) is 71.3 Å². The number of thiophene rings is 1. The first-order chi connectivity index (χ1) is 14.2. The van der Waals surface area contributed by atoms with Crippen LogP contribution in [0.4, 0.5) is 0 Å². The van der Waals surface area contributed by atoms with Crippen molar-refractivity contribution in [2.45, 2.75) is 76.3 Å². The fraction of sp³-hybridized carbons (Fsp3) is 0.739. The van der Waals surface area contributed by atoms with Crippen LogP contribution in [0.2, 0.25) is 0 Å². The smallest absolute Gasteiger partial charge is 0.264 e. The van der Waals surface area contributed by atoms with E-state index in [1.807, 2.05) is 27.3 Å². The summed E-state index contributed by atoms with van der Waals surface area (Å²) in [4.78, 5) is 33.0. The molecule has 2 saturated carbocycles. The van der Waals surface area contributed by atoms with E-state index in [0.717, 1.165) is 4.88 Å². The molecule has 5 nitrogen and oxygen atoms in total. The summed E-state index contributed by atoms with van der Waals surface area (Å²) in [5, 5.41) is 1.94. The van der Waals surface area contributed by atoms with Gasteiger partial charge in [0, 0.05) is 38.3 Å². The molecule has 0 N–H and O–H groups in total. The van der Waals surface area contributed by atoms with Crippen molar-refractivity contribution in [1.29, 1.82) is 0 Å². The van der Waals surface area contributed by atoms with Crippen LogP contribution < -0.4 is 0 Å². The van der Waals surface area contributed by atoms with Crippen LogP contribution in [0, 0.1) is 0 Å². The summed E-state index contributed by atoms with van der Waals surface area (Å²) in [5.74, 6) is 0.377. The summed E-state index contributed by atoms with van der Waals surface area (Å²) in [6.07, 6.45) is 13.0. The Labute approximate surface area is 179 Å². The van der Waals surface area contributed by atoms with Crippen LogP contribution in [0.1, 0.15) is 73.9 Å². The Morgan fingerprint density at radius 1 is 0.862 bits per heavy atom. The highest BCUT2D eigenvalue weighted by Gasteiger charge is 2.32. The van der Waals surface area contributed by atoms with Crippen LogP contribution in [-0.2, 0) is 4.79 Å². The average Bonchev–Trinajstić information content (AvgIpc) is 3.33. The van der Waals surface area contributed by atoms with E-state index in [9.17, 15) is 9.59 Å². The molecule has 2 heterocycles. The number of hydrogen-bond donors (Lipinski definition) is 0. The lowest BCUT2D eigenvalue weighted by Crippen LogP contribution is -2.55. The molecule has 3 fully saturated rings. The summed E-state index contributed by atoms with van der Waals surface area (Å²) < 4.78 is 0. The first-order valence-corrected chi connectivity index (χ1v) is 12.5. The van der Waals surface area contributed by atoms with E-state index in [-0.39, 0.29) is 11.8 Å². The largest absolute Gasteiger partial charge is 0.338 e. The van der Waals surface area contributed by atoms with Crippen molar-refractivity contribution < 1.29 is 9.59 Å². The third-order valence-electron chi connectivity index (χ3n) is 7.06. The highest BCUT2D eigenvalue weighted by atomic mass is 32.1. The van der Waals surface area contributed by atoms with Gasteiger partial charge in [0.05, 0.1) is 11.4 Å². The van der Waals surface area contributed by atoms with Gasteiger partial charge < -0.3 is 9.80 Å². The van der Waals surface area contributed by atoms with Gasteiger partial charge in [-0.25, -0.2) is 0 Å². The maximum atomic E-state index is 13.2. The third-order valence-corrected chi connectivity index (χ3v) is 7.91. The molecule has 0 unspecified atom stereocenters. The Morgan fingerprint density at radius 3 is 1.93 bits per heavy atom. The fourth-order valence-corrected chi connectivity index (χ4v) is 6.04. The van der Waals surface area contributed by atoms with E-state index in [1.54, 1.807) is 0 Å². The molecule has 1 saturated heterocycles. The molecular formula is C23H35N3O2S. The second-order valence-corrected chi connectivity index (χ2v) is 9.85. The van der Waals surface area contributed by atoms with Crippen molar-refractivity contribution in [3.05, 3.63) is 22.4 Å².